The van der Waals surface area contributed by atoms with Gasteiger partial charge in [-0.05, 0) is 34.9 Å². The van der Waals surface area contributed by atoms with Gasteiger partial charge in [-0.2, -0.15) is 0 Å². The van der Waals surface area contributed by atoms with Crippen molar-refractivity contribution in [3.8, 4) is 0 Å². The van der Waals surface area contributed by atoms with Crippen LogP contribution in [0.3, 0.4) is 0 Å². The number of benzene rings is 3. The van der Waals surface area contributed by atoms with Crippen molar-refractivity contribution < 1.29 is 13.2 Å². The maximum absolute atomic E-state index is 13.7. The number of thiazole rings is 1. The van der Waals surface area contributed by atoms with Gasteiger partial charge in [0.25, 0.3) is 0 Å². The van der Waals surface area contributed by atoms with E-state index in [1.165, 1.54) is 6.08 Å². The number of nitrogens with one attached hydrogen (secondary N) is 1. The Bertz CT molecular complexity index is 1530. The highest BCUT2D eigenvalue weighted by Gasteiger charge is 2.31. The molecule has 2 unspecified atom stereocenters. The molecule has 0 saturated heterocycles. The summed E-state index contributed by atoms with van der Waals surface area (Å²) in [6.45, 7) is 3.80. The van der Waals surface area contributed by atoms with Crippen LogP contribution in [0.25, 0.3) is 0 Å². The monoisotopic (exact) mass is 566 g/mol. The van der Waals surface area contributed by atoms with E-state index in [4.69, 9.17) is 17.3 Å². The Hall–Kier alpha value is -3.50. The van der Waals surface area contributed by atoms with E-state index >= 15 is 0 Å². The van der Waals surface area contributed by atoms with Crippen LogP contribution in [0.2, 0.25) is 5.02 Å². The molecule has 1 amide bonds. The fraction of sp³-hybridized carbons (Fsp3) is 0.143. The molecule has 7 nitrogen and oxygen atoms in total. The van der Waals surface area contributed by atoms with Crippen LogP contribution >= 0.6 is 22.9 Å². The van der Waals surface area contributed by atoms with Crippen molar-refractivity contribution in [2.45, 2.75) is 17.7 Å². The molecule has 4 rings (SSSR count). The highest BCUT2D eigenvalue weighted by molar-refractivity contribution is 7.93. The number of halogens is 1. The summed E-state index contributed by atoms with van der Waals surface area (Å²) in [4.78, 5) is 19.8. The molecule has 4 aromatic rings. The van der Waals surface area contributed by atoms with Crippen LogP contribution in [-0.2, 0) is 21.4 Å². The van der Waals surface area contributed by atoms with Gasteiger partial charge in [0.05, 0.1) is 5.69 Å². The molecule has 0 aliphatic heterocycles. The average molecular weight is 567 g/mol. The minimum atomic E-state index is -4.01. The second kappa shape index (κ2) is 11.9. The second-order valence-corrected chi connectivity index (χ2v) is 11.5. The van der Waals surface area contributed by atoms with E-state index in [-0.39, 0.29) is 17.6 Å². The third-order valence-corrected chi connectivity index (χ3v) is 8.97. The van der Waals surface area contributed by atoms with Gasteiger partial charge in [-0.25, -0.2) is 13.4 Å². The standard InChI is InChI=1S/C28H27ClN4O3S2/c1-3-25(21-15-10-16-23(29)22(21)17-30)38(35,36)32-28-31-24(18-37-28)26(19-11-6-4-7-12-19)27(34)33(2)20-13-8-5-9-14-20/h3-16,18,25-26H,1,17,30H2,2H3,(H,31,32). The third kappa shape index (κ3) is 5.81. The first-order chi connectivity index (χ1) is 18.3. The number of carbonyl (C=O) groups excluding carboxylic acids is 1. The van der Waals surface area contributed by atoms with E-state index in [9.17, 15) is 13.2 Å². The van der Waals surface area contributed by atoms with E-state index < -0.39 is 21.2 Å². The zero-order valence-corrected chi connectivity index (χ0v) is 23.0. The molecular formula is C28H27ClN4O3S2. The molecule has 0 spiro atoms. The third-order valence-electron chi connectivity index (χ3n) is 6.12. The van der Waals surface area contributed by atoms with Crippen LogP contribution in [0.4, 0.5) is 10.8 Å². The Morgan fingerprint density at radius 3 is 2.39 bits per heavy atom. The Morgan fingerprint density at radius 1 is 1.11 bits per heavy atom. The molecule has 2 atom stereocenters. The van der Waals surface area contributed by atoms with Crippen LogP contribution in [0.15, 0.2) is 96.9 Å². The van der Waals surface area contributed by atoms with Crippen molar-refractivity contribution in [3.63, 3.8) is 0 Å². The van der Waals surface area contributed by atoms with Crippen LogP contribution in [0, 0.1) is 0 Å². The lowest BCUT2D eigenvalue weighted by Gasteiger charge is -2.23. The number of sulfonamides is 1. The molecule has 0 bridgehead atoms. The number of aromatic nitrogens is 1. The molecule has 0 aliphatic rings. The number of likely N-dealkylation sites (N-methyl/N-ethyl adjacent to an activating group) is 1. The number of hydrogen-bond donors (Lipinski definition) is 2. The van der Waals surface area contributed by atoms with Gasteiger partial charge >= 0.3 is 0 Å². The van der Waals surface area contributed by atoms with Crippen LogP contribution in [0.1, 0.15) is 33.6 Å². The van der Waals surface area contributed by atoms with Gasteiger partial charge in [0.1, 0.15) is 11.2 Å². The van der Waals surface area contributed by atoms with Gasteiger partial charge in [-0.1, -0.05) is 78.3 Å². The van der Waals surface area contributed by atoms with Crippen molar-refractivity contribution in [2.24, 2.45) is 5.73 Å². The van der Waals surface area contributed by atoms with Crippen molar-refractivity contribution >= 4 is 49.7 Å². The first kappa shape index (κ1) is 27.5. The van der Waals surface area contributed by atoms with E-state index in [1.807, 2.05) is 60.7 Å². The highest BCUT2D eigenvalue weighted by Crippen LogP contribution is 2.34. The first-order valence-corrected chi connectivity index (χ1v) is 14.5. The number of hydrogen-bond acceptors (Lipinski definition) is 6. The number of anilines is 2. The van der Waals surface area contributed by atoms with Crippen LogP contribution in [0.5, 0.6) is 0 Å². The van der Waals surface area contributed by atoms with Gasteiger partial charge in [0.2, 0.25) is 15.9 Å². The van der Waals surface area contributed by atoms with Crippen molar-refractivity contribution in [3.05, 3.63) is 124 Å². The van der Waals surface area contributed by atoms with Crippen molar-refractivity contribution in [2.75, 3.05) is 16.7 Å². The summed E-state index contributed by atoms with van der Waals surface area (Å²) in [7, 11) is -2.31. The van der Waals surface area contributed by atoms with E-state index in [2.05, 4.69) is 16.3 Å². The average Bonchev–Trinajstić information content (AvgIpc) is 3.36. The maximum Gasteiger partial charge on any atom is 0.245 e. The molecule has 10 heteroatoms. The lowest BCUT2D eigenvalue weighted by atomic mass is 9.95. The molecule has 0 aliphatic carbocycles. The Balaban J connectivity index is 1.66. The number of carbonyl (C=O) groups is 1. The number of rotatable bonds is 10. The molecule has 3 aromatic carbocycles. The summed E-state index contributed by atoms with van der Waals surface area (Å²) in [5.74, 6) is -0.930. The second-order valence-electron chi connectivity index (χ2n) is 8.47. The minimum Gasteiger partial charge on any atom is -0.326 e. The number of nitrogens with zero attached hydrogens (tertiary/aromatic N) is 2. The molecule has 196 valence electrons. The molecule has 1 heterocycles. The van der Waals surface area contributed by atoms with Gasteiger partial charge < -0.3 is 10.6 Å². The zero-order chi connectivity index (χ0) is 27.3. The van der Waals surface area contributed by atoms with Gasteiger partial charge in [0.15, 0.2) is 5.13 Å². The van der Waals surface area contributed by atoms with Gasteiger partial charge in [0, 0.05) is 29.7 Å². The summed E-state index contributed by atoms with van der Waals surface area (Å²) in [5, 5.41) is 1.11. The summed E-state index contributed by atoms with van der Waals surface area (Å²) in [5.41, 5.74) is 8.74. The Morgan fingerprint density at radius 2 is 1.76 bits per heavy atom. The summed E-state index contributed by atoms with van der Waals surface area (Å²) in [6.07, 6.45) is 1.33. The lowest BCUT2D eigenvalue weighted by Crippen LogP contribution is -2.32. The van der Waals surface area contributed by atoms with Gasteiger partial charge in [-0.3, -0.25) is 9.52 Å². The first-order valence-electron chi connectivity index (χ1n) is 11.7. The molecule has 1 aromatic heterocycles. The Kier molecular flexibility index (Phi) is 8.63. The van der Waals surface area contributed by atoms with Crippen molar-refractivity contribution in [1.29, 1.82) is 0 Å². The molecule has 38 heavy (non-hydrogen) atoms. The van der Waals surface area contributed by atoms with Crippen LogP contribution < -0.4 is 15.4 Å². The highest BCUT2D eigenvalue weighted by atomic mass is 35.5. The smallest absolute Gasteiger partial charge is 0.245 e. The van der Waals surface area contributed by atoms with E-state index in [0.29, 0.717) is 21.8 Å². The molecule has 0 fully saturated rings. The predicted molar refractivity (Wildman–Crippen MR) is 155 cm³/mol. The maximum atomic E-state index is 13.7. The fourth-order valence-corrected chi connectivity index (χ4v) is 6.79. The minimum absolute atomic E-state index is 0.0755. The molecule has 0 radical (unpaired) electrons. The lowest BCUT2D eigenvalue weighted by molar-refractivity contribution is -0.119. The Labute approximate surface area is 231 Å². The fourth-order valence-electron chi connectivity index (χ4n) is 4.19. The number of amides is 1. The predicted octanol–water partition coefficient (Wildman–Crippen LogP) is 5.72. The summed E-state index contributed by atoms with van der Waals surface area (Å²) < 4.78 is 29.4. The van der Waals surface area contributed by atoms with E-state index in [0.717, 1.165) is 22.6 Å². The van der Waals surface area contributed by atoms with Crippen molar-refractivity contribution in [1.82, 2.24) is 4.98 Å². The number of para-hydroxylation sites is 1. The SMILES string of the molecule is C=CC(c1cccc(Cl)c1CN)S(=O)(=O)Nc1nc(C(C(=O)N(C)c2ccccc2)c2ccccc2)cs1. The number of nitrogens with two attached hydrogens (primary N) is 1. The van der Waals surface area contributed by atoms with Crippen LogP contribution in [-0.4, -0.2) is 26.4 Å². The summed E-state index contributed by atoms with van der Waals surface area (Å²) in [6, 6.07) is 23.6. The molecule has 0 saturated carbocycles. The molecule has 3 N–H and O–H groups in total. The largest absolute Gasteiger partial charge is 0.326 e. The topological polar surface area (TPSA) is 105 Å². The normalized spacial score (nSPS) is 12.9. The van der Waals surface area contributed by atoms with E-state index in [1.54, 1.807) is 35.5 Å². The molecular weight excluding hydrogens is 540 g/mol. The summed E-state index contributed by atoms with van der Waals surface area (Å²) >= 11 is 7.36. The quantitative estimate of drug-likeness (QED) is 0.239. The zero-order valence-electron chi connectivity index (χ0n) is 20.6. The van der Waals surface area contributed by atoms with Gasteiger partial charge in [-0.15, -0.1) is 17.9 Å².